The van der Waals surface area contributed by atoms with Crippen LogP contribution >= 0.6 is 24.0 Å². The Hall–Kier alpha value is -2.03. The van der Waals surface area contributed by atoms with Gasteiger partial charge in [-0.25, -0.2) is 9.38 Å². The van der Waals surface area contributed by atoms with Crippen LogP contribution in [0.1, 0.15) is 18.1 Å². The van der Waals surface area contributed by atoms with E-state index in [1.807, 2.05) is 31.2 Å². The lowest BCUT2D eigenvalue weighted by atomic mass is 10.1. The van der Waals surface area contributed by atoms with Crippen LogP contribution in [0.5, 0.6) is 11.5 Å². The summed E-state index contributed by atoms with van der Waals surface area (Å²) in [5.74, 6) is 2.07. The Labute approximate surface area is 177 Å². The first-order valence-electron chi connectivity index (χ1n) is 8.63. The second-order valence-corrected chi connectivity index (χ2v) is 5.68. The smallest absolute Gasteiger partial charge is 0.191 e. The molecule has 0 aliphatic rings. The number of benzene rings is 2. The Balaban J connectivity index is 0.00000364. The SMILES string of the molecule is CCNC(=NCc1cccc(F)c1)NCCc1cc(OC)ccc1OC.I. The lowest BCUT2D eigenvalue weighted by molar-refractivity contribution is 0.398. The van der Waals surface area contributed by atoms with Gasteiger partial charge in [0.25, 0.3) is 0 Å². The molecule has 2 rings (SSSR count). The van der Waals surface area contributed by atoms with Gasteiger partial charge in [-0.1, -0.05) is 12.1 Å². The molecule has 0 saturated heterocycles. The molecule has 0 amide bonds. The molecule has 0 aromatic heterocycles. The molecule has 148 valence electrons. The van der Waals surface area contributed by atoms with E-state index < -0.39 is 0 Å². The molecule has 0 aliphatic heterocycles. The first kappa shape index (κ1) is 23.0. The van der Waals surface area contributed by atoms with Crippen molar-refractivity contribution in [1.29, 1.82) is 0 Å². The number of ether oxygens (including phenoxy) is 2. The number of hydrogen-bond donors (Lipinski definition) is 2. The standard InChI is InChI=1S/C20H26FN3O2.HI/c1-4-22-20(24-14-15-6-5-7-17(21)12-15)23-11-10-16-13-18(25-2)8-9-19(16)26-3;/h5-9,12-13H,4,10-11,14H2,1-3H3,(H2,22,23,24);1H. The fourth-order valence-corrected chi connectivity index (χ4v) is 2.54. The van der Waals surface area contributed by atoms with Gasteiger partial charge in [-0.2, -0.15) is 0 Å². The maximum absolute atomic E-state index is 13.3. The van der Waals surface area contributed by atoms with Crippen LogP contribution in [-0.2, 0) is 13.0 Å². The second-order valence-electron chi connectivity index (χ2n) is 5.68. The first-order valence-corrected chi connectivity index (χ1v) is 8.63. The fourth-order valence-electron chi connectivity index (χ4n) is 2.54. The van der Waals surface area contributed by atoms with Crippen molar-refractivity contribution in [2.45, 2.75) is 19.9 Å². The highest BCUT2D eigenvalue weighted by Crippen LogP contribution is 2.24. The van der Waals surface area contributed by atoms with E-state index in [0.717, 1.165) is 35.6 Å². The molecule has 0 spiro atoms. The van der Waals surface area contributed by atoms with Crippen LogP contribution in [0.15, 0.2) is 47.5 Å². The van der Waals surface area contributed by atoms with Gasteiger partial charge < -0.3 is 20.1 Å². The highest BCUT2D eigenvalue weighted by atomic mass is 127. The molecule has 2 N–H and O–H groups in total. The third-order valence-electron chi connectivity index (χ3n) is 3.83. The number of nitrogens with one attached hydrogen (secondary N) is 2. The predicted molar refractivity (Wildman–Crippen MR) is 118 cm³/mol. The average molecular weight is 487 g/mol. The maximum atomic E-state index is 13.3. The van der Waals surface area contributed by atoms with Crippen molar-refractivity contribution < 1.29 is 13.9 Å². The maximum Gasteiger partial charge on any atom is 0.191 e. The number of halogens is 2. The molecule has 5 nitrogen and oxygen atoms in total. The Morgan fingerprint density at radius 2 is 1.89 bits per heavy atom. The van der Waals surface area contributed by atoms with Gasteiger partial charge in [0.1, 0.15) is 17.3 Å². The molecule has 0 atom stereocenters. The molecule has 0 bridgehead atoms. The van der Waals surface area contributed by atoms with Crippen LogP contribution in [0.2, 0.25) is 0 Å². The molecule has 2 aromatic rings. The van der Waals surface area contributed by atoms with Gasteiger partial charge in [-0.3, -0.25) is 0 Å². The summed E-state index contributed by atoms with van der Waals surface area (Å²) in [5.41, 5.74) is 1.89. The molecular weight excluding hydrogens is 460 g/mol. The second kappa shape index (κ2) is 12.4. The Bertz CT molecular complexity index is 741. The third kappa shape index (κ3) is 7.62. The zero-order chi connectivity index (χ0) is 18.8. The molecule has 0 radical (unpaired) electrons. The van der Waals surface area contributed by atoms with Gasteiger partial charge in [0.05, 0.1) is 20.8 Å². The minimum absolute atomic E-state index is 0. The zero-order valence-corrected chi connectivity index (χ0v) is 18.3. The number of methoxy groups -OCH3 is 2. The zero-order valence-electron chi connectivity index (χ0n) is 15.9. The van der Waals surface area contributed by atoms with Crippen LogP contribution in [0.25, 0.3) is 0 Å². The predicted octanol–water partition coefficient (Wildman–Crippen LogP) is 3.76. The van der Waals surface area contributed by atoms with E-state index in [-0.39, 0.29) is 29.8 Å². The van der Waals surface area contributed by atoms with Gasteiger partial charge in [-0.15, -0.1) is 24.0 Å². The van der Waals surface area contributed by atoms with Crippen molar-refractivity contribution in [1.82, 2.24) is 10.6 Å². The summed E-state index contributed by atoms with van der Waals surface area (Å²) < 4.78 is 23.9. The number of hydrogen-bond acceptors (Lipinski definition) is 3. The van der Waals surface area contributed by atoms with Crippen molar-refractivity contribution in [3.05, 3.63) is 59.4 Å². The summed E-state index contributed by atoms with van der Waals surface area (Å²) >= 11 is 0. The highest BCUT2D eigenvalue weighted by molar-refractivity contribution is 14.0. The van der Waals surface area contributed by atoms with Crippen molar-refractivity contribution >= 4 is 29.9 Å². The van der Waals surface area contributed by atoms with E-state index >= 15 is 0 Å². The van der Waals surface area contributed by atoms with Gasteiger partial charge >= 0.3 is 0 Å². The van der Waals surface area contributed by atoms with Crippen LogP contribution < -0.4 is 20.1 Å². The Morgan fingerprint density at radius 1 is 1.07 bits per heavy atom. The summed E-state index contributed by atoms with van der Waals surface area (Å²) in [5, 5.41) is 6.49. The van der Waals surface area contributed by atoms with Gasteiger partial charge in [0, 0.05) is 13.1 Å². The lowest BCUT2D eigenvalue weighted by Crippen LogP contribution is -2.38. The molecule has 0 unspecified atom stereocenters. The van der Waals surface area contributed by atoms with Crippen molar-refractivity contribution in [3.8, 4) is 11.5 Å². The minimum Gasteiger partial charge on any atom is -0.497 e. The summed E-state index contributed by atoms with van der Waals surface area (Å²) in [6.07, 6.45) is 0.755. The fraction of sp³-hybridized carbons (Fsp3) is 0.350. The topological polar surface area (TPSA) is 54.9 Å². The molecule has 7 heteroatoms. The van der Waals surface area contributed by atoms with E-state index in [1.54, 1.807) is 20.3 Å². The monoisotopic (exact) mass is 487 g/mol. The quantitative estimate of drug-likeness (QED) is 0.339. The number of nitrogens with zero attached hydrogens (tertiary/aromatic N) is 1. The van der Waals surface area contributed by atoms with Crippen molar-refractivity contribution in [2.24, 2.45) is 4.99 Å². The molecule has 0 heterocycles. The summed E-state index contributed by atoms with van der Waals surface area (Å²) in [7, 11) is 3.30. The number of rotatable bonds is 8. The summed E-state index contributed by atoms with van der Waals surface area (Å²) in [6.45, 7) is 3.84. The molecule has 0 saturated carbocycles. The van der Waals surface area contributed by atoms with Crippen LogP contribution in [0, 0.1) is 5.82 Å². The summed E-state index contributed by atoms with van der Waals surface area (Å²) in [6, 6.07) is 12.2. The Kier molecular flexibility index (Phi) is 10.5. The van der Waals surface area contributed by atoms with E-state index in [2.05, 4.69) is 15.6 Å². The van der Waals surface area contributed by atoms with E-state index in [4.69, 9.17) is 9.47 Å². The minimum atomic E-state index is -0.249. The first-order chi connectivity index (χ1) is 12.7. The number of guanidine groups is 1. The molecule has 27 heavy (non-hydrogen) atoms. The largest absolute Gasteiger partial charge is 0.497 e. The van der Waals surface area contributed by atoms with E-state index in [9.17, 15) is 4.39 Å². The molecule has 0 aliphatic carbocycles. The van der Waals surface area contributed by atoms with Crippen molar-refractivity contribution in [3.63, 3.8) is 0 Å². The Morgan fingerprint density at radius 3 is 2.56 bits per heavy atom. The third-order valence-corrected chi connectivity index (χ3v) is 3.83. The lowest BCUT2D eigenvalue weighted by Gasteiger charge is -2.13. The van der Waals surface area contributed by atoms with Gasteiger partial charge in [0.2, 0.25) is 0 Å². The number of aliphatic imine (C=N–C) groups is 1. The molecule has 2 aromatic carbocycles. The van der Waals surface area contributed by atoms with E-state index in [1.165, 1.54) is 12.1 Å². The van der Waals surface area contributed by atoms with Gasteiger partial charge in [-0.05, 0) is 54.8 Å². The van der Waals surface area contributed by atoms with Gasteiger partial charge in [0.15, 0.2) is 5.96 Å². The average Bonchev–Trinajstić information content (AvgIpc) is 2.66. The normalized spacial score (nSPS) is 10.7. The summed E-state index contributed by atoms with van der Waals surface area (Å²) in [4.78, 5) is 4.50. The highest BCUT2D eigenvalue weighted by Gasteiger charge is 2.06. The molecule has 0 fully saturated rings. The van der Waals surface area contributed by atoms with Crippen LogP contribution in [0.3, 0.4) is 0 Å². The van der Waals surface area contributed by atoms with E-state index in [0.29, 0.717) is 19.0 Å². The van der Waals surface area contributed by atoms with Crippen molar-refractivity contribution in [2.75, 3.05) is 27.3 Å². The molecular formula is C20H27FIN3O2. The van der Waals surface area contributed by atoms with Crippen LogP contribution in [0.4, 0.5) is 4.39 Å². The van der Waals surface area contributed by atoms with Crippen LogP contribution in [-0.4, -0.2) is 33.3 Å².